The maximum atomic E-state index is 13.2. The van der Waals surface area contributed by atoms with Gasteiger partial charge in [-0.3, -0.25) is 9.36 Å². The van der Waals surface area contributed by atoms with Gasteiger partial charge in [0.25, 0.3) is 5.56 Å². The van der Waals surface area contributed by atoms with Crippen molar-refractivity contribution in [3.8, 4) is 11.4 Å². The van der Waals surface area contributed by atoms with E-state index in [2.05, 4.69) is 15.9 Å². The number of hydrogen-bond acceptors (Lipinski definition) is 3. The molecule has 0 saturated carbocycles. The van der Waals surface area contributed by atoms with Crippen LogP contribution in [0.1, 0.15) is 11.4 Å². The molecule has 0 bridgehead atoms. The van der Waals surface area contributed by atoms with Crippen molar-refractivity contribution >= 4 is 39.0 Å². The number of halogens is 1. The van der Waals surface area contributed by atoms with Gasteiger partial charge < -0.3 is 4.74 Å². The maximum Gasteiger partial charge on any atom is 0.266 e. The van der Waals surface area contributed by atoms with Crippen LogP contribution in [0.3, 0.4) is 0 Å². The van der Waals surface area contributed by atoms with Gasteiger partial charge in [-0.1, -0.05) is 52.3 Å². The molecule has 4 rings (SSSR count). The topological polar surface area (TPSA) is 44.1 Å². The van der Waals surface area contributed by atoms with Gasteiger partial charge >= 0.3 is 0 Å². The summed E-state index contributed by atoms with van der Waals surface area (Å²) in [5.74, 6) is 1.24. The van der Waals surface area contributed by atoms with E-state index in [-0.39, 0.29) is 5.56 Å². The molecule has 0 atom stereocenters. The summed E-state index contributed by atoms with van der Waals surface area (Å²) in [7, 11) is 1.61. The number of aromatic nitrogens is 2. The van der Waals surface area contributed by atoms with E-state index in [1.807, 2.05) is 78.9 Å². The Balaban J connectivity index is 1.92. The van der Waals surface area contributed by atoms with Crippen molar-refractivity contribution in [1.29, 1.82) is 0 Å². The van der Waals surface area contributed by atoms with E-state index in [0.717, 1.165) is 10.0 Å². The predicted molar refractivity (Wildman–Crippen MR) is 117 cm³/mol. The number of fused-ring (bicyclic) bond motifs is 1. The van der Waals surface area contributed by atoms with Crippen molar-refractivity contribution in [2.75, 3.05) is 7.11 Å². The highest BCUT2D eigenvalue weighted by molar-refractivity contribution is 9.10. The Hall–Kier alpha value is -3.18. The van der Waals surface area contributed by atoms with E-state index in [9.17, 15) is 4.79 Å². The highest BCUT2D eigenvalue weighted by Crippen LogP contribution is 2.19. The monoisotopic (exact) mass is 432 g/mol. The Morgan fingerprint density at radius 1 is 0.964 bits per heavy atom. The Morgan fingerprint density at radius 2 is 1.75 bits per heavy atom. The maximum absolute atomic E-state index is 13.2. The van der Waals surface area contributed by atoms with E-state index in [4.69, 9.17) is 9.72 Å². The first-order valence-corrected chi connectivity index (χ1v) is 9.55. The lowest BCUT2D eigenvalue weighted by Gasteiger charge is -2.12. The lowest BCUT2D eigenvalue weighted by Crippen LogP contribution is -2.22. The molecular formula is C23H17BrN2O2. The summed E-state index contributed by atoms with van der Waals surface area (Å²) in [6, 6.07) is 22.7. The van der Waals surface area contributed by atoms with E-state index in [1.54, 1.807) is 17.7 Å². The van der Waals surface area contributed by atoms with Crippen LogP contribution in [0.25, 0.3) is 28.7 Å². The number of ether oxygens (including phenoxy) is 1. The average Bonchev–Trinajstić information content (AvgIpc) is 2.73. The molecule has 0 aliphatic rings. The number of rotatable bonds is 4. The van der Waals surface area contributed by atoms with Crippen molar-refractivity contribution in [3.63, 3.8) is 0 Å². The van der Waals surface area contributed by atoms with Crippen LogP contribution in [-0.4, -0.2) is 16.7 Å². The highest BCUT2D eigenvalue weighted by Gasteiger charge is 2.11. The third-order valence-electron chi connectivity index (χ3n) is 4.41. The van der Waals surface area contributed by atoms with Crippen molar-refractivity contribution in [3.05, 3.63) is 99.0 Å². The van der Waals surface area contributed by atoms with Crippen LogP contribution in [0.15, 0.2) is 82.1 Å². The quantitative estimate of drug-likeness (QED) is 0.437. The molecule has 0 aliphatic heterocycles. The van der Waals surface area contributed by atoms with Gasteiger partial charge in [0, 0.05) is 10.5 Å². The molecule has 5 heteroatoms. The third kappa shape index (κ3) is 3.62. The fourth-order valence-corrected chi connectivity index (χ4v) is 3.27. The summed E-state index contributed by atoms with van der Waals surface area (Å²) in [6.45, 7) is 0. The Labute approximate surface area is 170 Å². The number of nitrogens with zero attached hydrogens (tertiary/aromatic N) is 2. The molecule has 0 N–H and O–H groups in total. The fraction of sp³-hybridized carbons (Fsp3) is 0.0435. The molecular weight excluding hydrogens is 416 g/mol. The predicted octanol–water partition coefficient (Wildman–Crippen LogP) is 5.33. The Morgan fingerprint density at radius 3 is 2.54 bits per heavy atom. The molecule has 4 aromatic rings. The van der Waals surface area contributed by atoms with Gasteiger partial charge in [-0.15, -0.1) is 0 Å². The molecule has 138 valence electrons. The first kappa shape index (κ1) is 18.2. The lowest BCUT2D eigenvalue weighted by molar-refractivity contribution is 0.414. The van der Waals surface area contributed by atoms with E-state index in [0.29, 0.717) is 28.2 Å². The summed E-state index contributed by atoms with van der Waals surface area (Å²) < 4.78 is 7.95. The van der Waals surface area contributed by atoms with E-state index in [1.165, 1.54) is 0 Å². The second-order valence-electron chi connectivity index (χ2n) is 6.21. The first-order chi connectivity index (χ1) is 13.7. The molecule has 0 unspecified atom stereocenters. The van der Waals surface area contributed by atoms with Gasteiger partial charge in [0.2, 0.25) is 0 Å². The van der Waals surface area contributed by atoms with Gasteiger partial charge in [-0.2, -0.15) is 0 Å². The smallest absolute Gasteiger partial charge is 0.266 e. The van der Waals surface area contributed by atoms with Crippen molar-refractivity contribution in [2.24, 2.45) is 0 Å². The summed E-state index contributed by atoms with van der Waals surface area (Å²) in [4.78, 5) is 18.0. The first-order valence-electron chi connectivity index (χ1n) is 8.75. The lowest BCUT2D eigenvalue weighted by atomic mass is 10.2. The van der Waals surface area contributed by atoms with Crippen molar-refractivity contribution in [1.82, 2.24) is 9.55 Å². The minimum Gasteiger partial charge on any atom is -0.497 e. The zero-order valence-electron chi connectivity index (χ0n) is 15.2. The fourth-order valence-electron chi connectivity index (χ4n) is 3.01. The third-order valence-corrected chi connectivity index (χ3v) is 4.94. The van der Waals surface area contributed by atoms with Crippen LogP contribution in [-0.2, 0) is 0 Å². The molecule has 0 amide bonds. The van der Waals surface area contributed by atoms with E-state index >= 15 is 0 Å². The summed E-state index contributed by atoms with van der Waals surface area (Å²) in [5, 5.41) is 0.575. The number of para-hydroxylation sites is 1. The SMILES string of the molecule is COc1cccc(-n2c(C=Cc3ccc(Br)cc3)nc3ccccc3c2=O)c1. The summed E-state index contributed by atoms with van der Waals surface area (Å²) >= 11 is 3.44. The molecule has 0 aliphatic carbocycles. The van der Waals surface area contributed by atoms with Gasteiger partial charge in [0.05, 0.1) is 23.7 Å². The molecule has 3 aromatic carbocycles. The van der Waals surface area contributed by atoms with Gasteiger partial charge in [0.15, 0.2) is 0 Å². The number of benzene rings is 3. The molecule has 4 nitrogen and oxygen atoms in total. The average molecular weight is 433 g/mol. The minimum atomic E-state index is -0.116. The summed E-state index contributed by atoms with van der Waals surface area (Å²) in [6.07, 6.45) is 3.80. The number of methoxy groups -OCH3 is 1. The molecule has 28 heavy (non-hydrogen) atoms. The second kappa shape index (κ2) is 7.82. The zero-order valence-corrected chi connectivity index (χ0v) is 16.8. The largest absolute Gasteiger partial charge is 0.497 e. The zero-order chi connectivity index (χ0) is 19.5. The van der Waals surface area contributed by atoms with Gasteiger partial charge in [-0.05, 0) is 48.0 Å². The normalized spacial score (nSPS) is 11.2. The van der Waals surface area contributed by atoms with Crippen molar-refractivity contribution < 1.29 is 4.74 Å². The molecule has 0 spiro atoms. The van der Waals surface area contributed by atoms with Crippen LogP contribution in [0.5, 0.6) is 5.75 Å². The molecule has 0 radical (unpaired) electrons. The van der Waals surface area contributed by atoms with Crippen LogP contribution in [0.2, 0.25) is 0 Å². The van der Waals surface area contributed by atoms with Crippen molar-refractivity contribution in [2.45, 2.75) is 0 Å². The Kier molecular flexibility index (Phi) is 5.08. The van der Waals surface area contributed by atoms with Crippen LogP contribution >= 0.6 is 15.9 Å². The molecule has 0 saturated heterocycles. The minimum absolute atomic E-state index is 0.116. The molecule has 1 aromatic heterocycles. The molecule has 1 heterocycles. The van der Waals surface area contributed by atoms with Crippen LogP contribution < -0.4 is 10.3 Å². The van der Waals surface area contributed by atoms with Crippen LogP contribution in [0.4, 0.5) is 0 Å². The Bertz CT molecular complexity index is 1230. The summed E-state index contributed by atoms with van der Waals surface area (Å²) in [5.41, 5.74) is 2.28. The second-order valence-corrected chi connectivity index (χ2v) is 7.13. The highest BCUT2D eigenvalue weighted by atomic mass is 79.9. The van der Waals surface area contributed by atoms with Crippen LogP contribution in [0, 0.1) is 0 Å². The van der Waals surface area contributed by atoms with Gasteiger partial charge in [-0.25, -0.2) is 4.98 Å². The van der Waals surface area contributed by atoms with Gasteiger partial charge in [0.1, 0.15) is 11.6 Å². The standard InChI is InChI=1S/C23H17BrN2O2/c1-28-19-6-4-5-18(15-19)26-22(14-11-16-9-12-17(24)13-10-16)25-21-8-3-2-7-20(21)23(26)27/h2-15H,1H3. The number of hydrogen-bond donors (Lipinski definition) is 0. The molecule has 0 fully saturated rings. The van der Waals surface area contributed by atoms with E-state index < -0.39 is 0 Å².